The first-order chi connectivity index (χ1) is 11.9. The van der Waals surface area contributed by atoms with Gasteiger partial charge in [0.2, 0.25) is 11.8 Å². The van der Waals surface area contributed by atoms with Gasteiger partial charge < -0.3 is 14.7 Å². The Labute approximate surface area is 148 Å². The Bertz CT molecular complexity index is 706. The Hall–Kier alpha value is -2.37. The molecule has 0 unspecified atom stereocenters. The van der Waals surface area contributed by atoms with E-state index in [-0.39, 0.29) is 17.7 Å². The lowest BCUT2D eigenvalue weighted by molar-refractivity contribution is -0.133. The molecule has 134 valence electrons. The van der Waals surface area contributed by atoms with Crippen LogP contribution in [0.15, 0.2) is 18.2 Å². The second kappa shape index (κ2) is 6.86. The molecular formula is C19H25N3O3. The van der Waals surface area contributed by atoms with Gasteiger partial charge in [-0.25, -0.2) is 0 Å². The summed E-state index contributed by atoms with van der Waals surface area (Å²) in [6.07, 6.45) is 0.907. The number of anilines is 1. The van der Waals surface area contributed by atoms with Gasteiger partial charge in [-0.3, -0.25) is 14.4 Å². The molecule has 6 nitrogen and oxygen atoms in total. The molecule has 2 heterocycles. The van der Waals surface area contributed by atoms with Gasteiger partial charge in [0, 0.05) is 50.9 Å². The Morgan fingerprint density at radius 1 is 1.08 bits per heavy atom. The van der Waals surface area contributed by atoms with E-state index >= 15 is 0 Å². The number of carbonyl (C=O) groups excluding carboxylic acids is 3. The molecule has 0 saturated carbocycles. The number of benzene rings is 1. The summed E-state index contributed by atoms with van der Waals surface area (Å²) in [6, 6.07) is 5.46. The van der Waals surface area contributed by atoms with Gasteiger partial charge in [-0.2, -0.15) is 0 Å². The molecule has 0 N–H and O–H groups in total. The fourth-order valence-corrected chi connectivity index (χ4v) is 3.42. The van der Waals surface area contributed by atoms with Crippen LogP contribution in [-0.4, -0.2) is 60.7 Å². The van der Waals surface area contributed by atoms with Crippen molar-refractivity contribution in [2.24, 2.45) is 5.92 Å². The van der Waals surface area contributed by atoms with Gasteiger partial charge in [-0.1, -0.05) is 13.8 Å². The summed E-state index contributed by atoms with van der Waals surface area (Å²) in [4.78, 5) is 41.9. The van der Waals surface area contributed by atoms with Crippen LogP contribution in [0, 0.1) is 5.92 Å². The molecule has 0 radical (unpaired) electrons. The van der Waals surface area contributed by atoms with Gasteiger partial charge in [0.05, 0.1) is 6.42 Å². The standard InChI is InChI=1S/C19H25N3O3/c1-13(2)10-18(24)21-6-8-22(9-7-21)19(25)14-4-5-16-15(11-14)12-17(23)20(16)3/h4-5,11,13H,6-10,12H2,1-3H3. The maximum absolute atomic E-state index is 12.7. The van der Waals surface area contributed by atoms with Crippen LogP contribution in [0.3, 0.4) is 0 Å². The number of hydrogen-bond donors (Lipinski definition) is 0. The molecule has 25 heavy (non-hydrogen) atoms. The van der Waals surface area contributed by atoms with Crippen molar-refractivity contribution < 1.29 is 14.4 Å². The average Bonchev–Trinajstić information content (AvgIpc) is 2.87. The van der Waals surface area contributed by atoms with Crippen LogP contribution in [-0.2, 0) is 16.0 Å². The van der Waals surface area contributed by atoms with Crippen LogP contribution in [0.1, 0.15) is 36.2 Å². The topological polar surface area (TPSA) is 60.9 Å². The third kappa shape index (κ3) is 3.52. The summed E-state index contributed by atoms with van der Waals surface area (Å²) in [5.74, 6) is 0.540. The van der Waals surface area contributed by atoms with Gasteiger partial charge in [-0.05, 0) is 29.7 Å². The molecule has 3 amide bonds. The van der Waals surface area contributed by atoms with E-state index in [1.54, 1.807) is 22.9 Å². The Balaban J connectivity index is 1.63. The van der Waals surface area contributed by atoms with Crippen molar-refractivity contribution in [3.63, 3.8) is 0 Å². The highest BCUT2D eigenvalue weighted by molar-refractivity contribution is 6.03. The fourth-order valence-electron chi connectivity index (χ4n) is 3.42. The first kappa shape index (κ1) is 17.5. The van der Waals surface area contributed by atoms with Crippen LogP contribution >= 0.6 is 0 Å². The highest BCUT2D eigenvalue weighted by Gasteiger charge is 2.28. The third-order valence-corrected chi connectivity index (χ3v) is 4.91. The number of rotatable bonds is 3. The Morgan fingerprint density at radius 2 is 1.72 bits per heavy atom. The number of fused-ring (bicyclic) bond motifs is 1. The van der Waals surface area contributed by atoms with Gasteiger partial charge in [0.1, 0.15) is 0 Å². The average molecular weight is 343 g/mol. The summed E-state index contributed by atoms with van der Waals surface area (Å²) in [5, 5.41) is 0. The summed E-state index contributed by atoms with van der Waals surface area (Å²) in [5.41, 5.74) is 2.40. The van der Waals surface area contributed by atoms with E-state index in [2.05, 4.69) is 0 Å². The zero-order valence-electron chi connectivity index (χ0n) is 15.1. The van der Waals surface area contributed by atoms with Crippen molar-refractivity contribution in [2.45, 2.75) is 26.7 Å². The molecule has 6 heteroatoms. The van der Waals surface area contributed by atoms with Crippen LogP contribution in [0.2, 0.25) is 0 Å². The smallest absolute Gasteiger partial charge is 0.253 e. The number of nitrogens with zero attached hydrogens (tertiary/aromatic N) is 3. The third-order valence-electron chi connectivity index (χ3n) is 4.91. The van der Waals surface area contributed by atoms with Crippen molar-refractivity contribution in [3.05, 3.63) is 29.3 Å². The van der Waals surface area contributed by atoms with Crippen LogP contribution in [0.5, 0.6) is 0 Å². The zero-order chi connectivity index (χ0) is 18.1. The number of amides is 3. The van der Waals surface area contributed by atoms with Gasteiger partial charge in [-0.15, -0.1) is 0 Å². The lowest BCUT2D eigenvalue weighted by atomic mass is 10.1. The van der Waals surface area contributed by atoms with Crippen LogP contribution < -0.4 is 4.90 Å². The molecular weight excluding hydrogens is 318 g/mol. The van der Waals surface area contributed by atoms with E-state index in [1.165, 1.54) is 0 Å². The van der Waals surface area contributed by atoms with Crippen molar-refractivity contribution in [2.75, 3.05) is 38.1 Å². The predicted molar refractivity (Wildman–Crippen MR) is 95.5 cm³/mol. The Kier molecular flexibility index (Phi) is 4.79. The zero-order valence-corrected chi connectivity index (χ0v) is 15.1. The lowest BCUT2D eigenvalue weighted by Crippen LogP contribution is -2.50. The van der Waals surface area contributed by atoms with E-state index in [0.717, 1.165) is 11.3 Å². The SMILES string of the molecule is CC(C)CC(=O)N1CCN(C(=O)c2ccc3c(c2)CC(=O)N3C)CC1. The molecule has 0 atom stereocenters. The first-order valence-electron chi connectivity index (χ1n) is 8.83. The molecule has 1 aromatic rings. The molecule has 3 rings (SSSR count). The fraction of sp³-hybridized carbons (Fsp3) is 0.526. The minimum absolute atomic E-state index is 0.0271. The van der Waals surface area contributed by atoms with Gasteiger partial charge in [0.15, 0.2) is 0 Å². The molecule has 1 fully saturated rings. The minimum Gasteiger partial charge on any atom is -0.339 e. The molecule has 0 bridgehead atoms. The van der Waals surface area contributed by atoms with E-state index in [1.807, 2.05) is 30.9 Å². The number of likely N-dealkylation sites (N-methyl/N-ethyl adjacent to an activating group) is 1. The second-order valence-corrected chi connectivity index (χ2v) is 7.24. The molecule has 0 spiro atoms. The lowest BCUT2D eigenvalue weighted by Gasteiger charge is -2.35. The van der Waals surface area contributed by atoms with Crippen molar-refractivity contribution in [3.8, 4) is 0 Å². The number of piperazine rings is 1. The van der Waals surface area contributed by atoms with Crippen molar-refractivity contribution in [1.82, 2.24) is 9.80 Å². The second-order valence-electron chi connectivity index (χ2n) is 7.24. The summed E-state index contributed by atoms with van der Waals surface area (Å²) >= 11 is 0. The predicted octanol–water partition coefficient (Wildman–Crippen LogP) is 1.54. The highest BCUT2D eigenvalue weighted by Crippen LogP contribution is 2.28. The molecule has 1 saturated heterocycles. The molecule has 0 aliphatic carbocycles. The molecule has 0 aromatic heterocycles. The van der Waals surface area contributed by atoms with Crippen LogP contribution in [0.25, 0.3) is 0 Å². The van der Waals surface area contributed by atoms with E-state index in [9.17, 15) is 14.4 Å². The summed E-state index contributed by atoms with van der Waals surface area (Å²) < 4.78 is 0. The van der Waals surface area contributed by atoms with E-state index < -0.39 is 0 Å². The molecule has 2 aliphatic rings. The summed E-state index contributed by atoms with van der Waals surface area (Å²) in [7, 11) is 1.75. The maximum atomic E-state index is 12.7. The first-order valence-corrected chi connectivity index (χ1v) is 8.83. The monoisotopic (exact) mass is 343 g/mol. The highest BCUT2D eigenvalue weighted by atomic mass is 16.2. The number of hydrogen-bond acceptors (Lipinski definition) is 3. The van der Waals surface area contributed by atoms with Crippen molar-refractivity contribution >= 4 is 23.4 Å². The van der Waals surface area contributed by atoms with Crippen molar-refractivity contribution in [1.29, 1.82) is 0 Å². The van der Waals surface area contributed by atoms with E-state index in [4.69, 9.17) is 0 Å². The molecule has 1 aromatic carbocycles. The summed E-state index contributed by atoms with van der Waals surface area (Å²) in [6.45, 7) is 6.35. The van der Waals surface area contributed by atoms with Gasteiger partial charge in [0.25, 0.3) is 5.91 Å². The van der Waals surface area contributed by atoms with E-state index in [0.29, 0.717) is 50.5 Å². The number of carbonyl (C=O) groups is 3. The maximum Gasteiger partial charge on any atom is 0.253 e. The quantitative estimate of drug-likeness (QED) is 0.836. The van der Waals surface area contributed by atoms with Crippen LogP contribution in [0.4, 0.5) is 5.69 Å². The molecule has 2 aliphatic heterocycles. The van der Waals surface area contributed by atoms with Gasteiger partial charge >= 0.3 is 0 Å². The minimum atomic E-state index is -0.0271. The Morgan fingerprint density at radius 3 is 2.36 bits per heavy atom. The largest absolute Gasteiger partial charge is 0.339 e. The normalized spacial score (nSPS) is 17.3.